The summed E-state index contributed by atoms with van der Waals surface area (Å²) in [6.45, 7) is 6.17. The monoisotopic (exact) mass is 439 g/mol. The van der Waals surface area contributed by atoms with E-state index in [1.165, 1.54) is 24.3 Å². The second-order valence-corrected chi connectivity index (χ2v) is 7.79. The number of carbonyl (C=O) groups is 2. The third-order valence-electron chi connectivity index (χ3n) is 5.69. The molecule has 0 bridgehead atoms. The Morgan fingerprint density at radius 1 is 1.12 bits per heavy atom. The lowest BCUT2D eigenvalue weighted by molar-refractivity contribution is 0.0526. The summed E-state index contributed by atoms with van der Waals surface area (Å²) < 4.78 is 20.2. The van der Waals surface area contributed by atoms with Crippen LogP contribution in [0, 0.1) is 12.7 Å². The van der Waals surface area contributed by atoms with Crippen LogP contribution < -0.4 is 4.90 Å². The molecule has 32 heavy (non-hydrogen) atoms. The average Bonchev–Trinajstić information content (AvgIpc) is 2.95. The zero-order valence-corrected chi connectivity index (χ0v) is 18.5. The van der Waals surface area contributed by atoms with E-state index in [0.29, 0.717) is 43.0 Å². The van der Waals surface area contributed by atoms with Crippen molar-refractivity contribution < 1.29 is 18.7 Å². The highest BCUT2D eigenvalue weighted by atomic mass is 19.1. The summed E-state index contributed by atoms with van der Waals surface area (Å²) in [5.74, 6) is -0.929. The van der Waals surface area contributed by atoms with E-state index in [0.717, 1.165) is 23.2 Å². The van der Waals surface area contributed by atoms with Gasteiger partial charge in [0.05, 0.1) is 23.4 Å². The van der Waals surface area contributed by atoms with Gasteiger partial charge in [-0.25, -0.2) is 14.2 Å². The molecule has 0 spiro atoms. The molecule has 0 atom stereocenters. The van der Waals surface area contributed by atoms with Gasteiger partial charge in [-0.05, 0) is 44.5 Å². The van der Waals surface area contributed by atoms with Gasteiger partial charge in [-0.2, -0.15) is 5.10 Å². The molecule has 3 heterocycles. The predicted octanol–water partition coefficient (Wildman–Crippen LogP) is 2.95. The first-order valence-electron chi connectivity index (χ1n) is 10.7. The molecule has 9 heteroatoms. The Bertz CT molecular complexity index is 1160. The maximum Gasteiger partial charge on any atom is 0.341 e. The Hall–Kier alpha value is -3.49. The van der Waals surface area contributed by atoms with Crippen LogP contribution in [0.1, 0.15) is 39.8 Å². The van der Waals surface area contributed by atoms with Crippen molar-refractivity contribution in [2.75, 3.05) is 37.7 Å². The fraction of sp³-hybridized carbons (Fsp3) is 0.391. The summed E-state index contributed by atoms with van der Waals surface area (Å²) >= 11 is 0. The molecule has 0 saturated carbocycles. The molecular formula is C23H26FN5O3. The minimum absolute atomic E-state index is 0.130. The molecule has 1 aromatic carbocycles. The van der Waals surface area contributed by atoms with E-state index < -0.39 is 5.97 Å². The largest absolute Gasteiger partial charge is 0.462 e. The number of benzene rings is 1. The summed E-state index contributed by atoms with van der Waals surface area (Å²) in [7, 11) is 1.82. The van der Waals surface area contributed by atoms with Gasteiger partial charge in [0.25, 0.3) is 5.91 Å². The first-order valence-corrected chi connectivity index (χ1v) is 10.7. The van der Waals surface area contributed by atoms with Crippen LogP contribution in [0.5, 0.6) is 0 Å². The lowest BCUT2D eigenvalue weighted by atomic mass is 10.1. The second-order valence-electron chi connectivity index (χ2n) is 7.79. The number of anilines is 1. The molecule has 8 nitrogen and oxygen atoms in total. The quantitative estimate of drug-likeness (QED) is 0.582. The number of amides is 1. The van der Waals surface area contributed by atoms with Crippen LogP contribution in [0.25, 0.3) is 11.0 Å². The van der Waals surface area contributed by atoms with E-state index in [1.54, 1.807) is 22.7 Å². The van der Waals surface area contributed by atoms with Gasteiger partial charge in [-0.15, -0.1) is 0 Å². The zero-order valence-electron chi connectivity index (χ0n) is 18.5. The fourth-order valence-corrected chi connectivity index (χ4v) is 4.20. The lowest BCUT2D eigenvalue weighted by Crippen LogP contribution is -2.35. The predicted molar refractivity (Wildman–Crippen MR) is 118 cm³/mol. The number of fused-ring (bicyclic) bond motifs is 1. The molecule has 168 valence electrons. The highest BCUT2D eigenvalue weighted by Gasteiger charge is 2.27. The van der Waals surface area contributed by atoms with Gasteiger partial charge >= 0.3 is 5.97 Å². The van der Waals surface area contributed by atoms with Crippen LogP contribution in [0.3, 0.4) is 0 Å². The molecule has 0 N–H and O–H groups in total. The maximum absolute atomic E-state index is 13.2. The van der Waals surface area contributed by atoms with E-state index >= 15 is 0 Å². The van der Waals surface area contributed by atoms with Gasteiger partial charge in [0.1, 0.15) is 11.4 Å². The Morgan fingerprint density at radius 3 is 2.59 bits per heavy atom. The Labute approximate surface area is 185 Å². The number of carbonyl (C=O) groups excluding carboxylic acids is 2. The van der Waals surface area contributed by atoms with Crippen LogP contribution in [0.2, 0.25) is 0 Å². The van der Waals surface area contributed by atoms with Gasteiger partial charge in [-0.3, -0.25) is 9.48 Å². The number of ether oxygens (including phenoxy) is 1. The van der Waals surface area contributed by atoms with Crippen molar-refractivity contribution in [3.05, 3.63) is 53.1 Å². The molecular weight excluding hydrogens is 413 g/mol. The number of hydrogen-bond donors (Lipinski definition) is 0. The number of esters is 1. The molecule has 4 rings (SSSR count). The summed E-state index contributed by atoms with van der Waals surface area (Å²) in [5, 5.41) is 5.30. The summed E-state index contributed by atoms with van der Waals surface area (Å²) in [6, 6.07) is 5.60. The Morgan fingerprint density at radius 2 is 1.88 bits per heavy atom. The Balaban J connectivity index is 1.67. The van der Waals surface area contributed by atoms with Crippen LogP contribution in [0.15, 0.2) is 30.5 Å². The van der Waals surface area contributed by atoms with Crippen LogP contribution >= 0.6 is 0 Å². The van der Waals surface area contributed by atoms with Crippen LogP contribution in [-0.2, 0) is 11.8 Å². The molecule has 1 saturated heterocycles. The van der Waals surface area contributed by atoms with Crippen molar-refractivity contribution in [2.45, 2.75) is 20.3 Å². The topological polar surface area (TPSA) is 80.6 Å². The second kappa shape index (κ2) is 8.94. The third-order valence-corrected chi connectivity index (χ3v) is 5.69. The first kappa shape index (κ1) is 21.7. The van der Waals surface area contributed by atoms with Crippen molar-refractivity contribution in [1.29, 1.82) is 0 Å². The highest BCUT2D eigenvalue weighted by Crippen LogP contribution is 2.33. The number of halogens is 1. The van der Waals surface area contributed by atoms with Crippen molar-refractivity contribution in [3.8, 4) is 0 Å². The molecule has 0 radical (unpaired) electrons. The minimum atomic E-state index is -0.427. The van der Waals surface area contributed by atoms with Crippen molar-refractivity contribution >= 4 is 28.6 Å². The number of aryl methyl sites for hydroxylation is 2. The third kappa shape index (κ3) is 4.02. The Kier molecular flexibility index (Phi) is 6.07. The van der Waals surface area contributed by atoms with Gasteiger partial charge in [0.2, 0.25) is 0 Å². The molecule has 1 amide bonds. The number of rotatable bonds is 4. The number of aromatic nitrogens is 3. The van der Waals surface area contributed by atoms with E-state index in [4.69, 9.17) is 4.74 Å². The van der Waals surface area contributed by atoms with Crippen molar-refractivity contribution in [1.82, 2.24) is 19.7 Å². The number of hydrogen-bond acceptors (Lipinski definition) is 6. The SMILES string of the molecule is CCOC(=O)c1cnc2c(c(C)nn2C)c1N1CCCN(C(=O)c2ccc(F)cc2)CC1. The number of nitrogens with zero attached hydrogens (tertiary/aromatic N) is 5. The molecule has 1 fully saturated rings. The molecule has 1 aliphatic heterocycles. The summed E-state index contributed by atoms with van der Waals surface area (Å²) in [4.78, 5) is 34.0. The first-order chi connectivity index (χ1) is 15.4. The molecule has 2 aromatic heterocycles. The summed E-state index contributed by atoms with van der Waals surface area (Å²) in [5.41, 5.74) is 3.07. The van der Waals surface area contributed by atoms with E-state index in [9.17, 15) is 14.0 Å². The smallest absolute Gasteiger partial charge is 0.341 e. The lowest BCUT2D eigenvalue weighted by Gasteiger charge is -2.26. The van der Waals surface area contributed by atoms with Crippen molar-refractivity contribution in [3.63, 3.8) is 0 Å². The molecule has 0 aliphatic carbocycles. The average molecular weight is 439 g/mol. The fourth-order valence-electron chi connectivity index (χ4n) is 4.20. The molecule has 1 aliphatic rings. The van der Waals surface area contributed by atoms with E-state index in [2.05, 4.69) is 15.0 Å². The molecule has 0 unspecified atom stereocenters. The van der Waals surface area contributed by atoms with Gasteiger partial charge in [0, 0.05) is 45.0 Å². The number of pyridine rings is 1. The minimum Gasteiger partial charge on any atom is -0.462 e. The van der Waals surface area contributed by atoms with Crippen LogP contribution in [0.4, 0.5) is 10.1 Å². The van der Waals surface area contributed by atoms with E-state index in [1.807, 2.05) is 14.0 Å². The van der Waals surface area contributed by atoms with Gasteiger partial charge < -0.3 is 14.5 Å². The standard InChI is InChI=1S/C23H26FN5O3/c1-4-32-23(31)18-14-25-21-19(15(2)26-27(21)3)20(18)28-10-5-11-29(13-12-28)22(30)16-6-8-17(24)9-7-16/h6-9,14H,4-5,10-13H2,1-3H3. The van der Waals surface area contributed by atoms with Crippen LogP contribution in [-0.4, -0.2) is 64.3 Å². The molecule has 3 aromatic rings. The summed E-state index contributed by atoms with van der Waals surface area (Å²) in [6.07, 6.45) is 2.27. The normalized spacial score (nSPS) is 14.5. The maximum atomic E-state index is 13.2. The zero-order chi connectivity index (χ0) is 22.8. The highest BCUT2D eigenvalue weighted by molar-refractivity contribution is 6.05. The van der Waals surface area contributed by atoms with Crippen molar-refractivity contribution in [2.24, 2.45) is 7.05 Å². The van der Waals surface area contributed by atoms with Gasteiger partial charge in [0.15, 0.2) is 5.65 Å². The van der Waals surface area contributed by atoms with E-state index in [-0.39, 0.29) is 18.3 Å². The van der Waals surface area contributed by atoms with Gasteiger partial charge in [-0.1, -0.05) is 0 Å².